The monoisotopic (exact) mass is 372 g/mol. The summed E-state index contributed by atoms with van der Waals surface area (Å²) in [4.78, 5) is 20.5. The van der Waals surface area contributed by atoms with Crippen molar-refractivity contribution in [3.05, 3.63) is 83.1 Å². The Kier molecular flexibility index (Phi) is 5.35. The average Bonchev–Trinajstić information content (AvgIpc) is 2.63. The molecule has 0 saturated carbocycles. The molecule has 0 aliphatic heterocycles. The molecule has 1 aromatic heterocycles. The minimum absolute atomic E-state index is 0.0308. The van der Waals surface area contributed by atoms with Crippen molar-refractivity contribution < 1.29 is 18.0 Å². The number of carbonyl (C=O) groups excluding carboxylic acids is 1. The van der Waals surface area contributed by atoms with Crippen LogP contribution in [0.1, 0.15) is 21.9 Å². The Balaban J connectivity index is 1.75. The predicted molar refractivity (Wildman–Crippen MR) is 94.8 cm³/mol. The van der Waals surface area contributed by atoms with Gasteiger partial charge in [-0.3, -0.25) is 4.79 Å². The number of aryl methyl sites for hydroxylation is 1. The van der Waals surface area contributed by atoms with E-state index in [9.17, 15) is 18.0 Å². The number of benzene rings is 2. The zero-order chi connectivity index (χ0) is 19.4. The summed E-state index contributed by atoms with van der Waals surface area (Å²) in [6.45, 7) is 1.77. The van der Waals surface area contributed by atoms with Crippen molar-refractivity contribution in [1.29, 1.82) is 0 Å². The van der Waals surface area contributed by atoms with E-state index in [2.05, 4.69) is 20.6 Å². The van der Waals surface area contributed by atoms with Gasteiger partial charge in [0.15, 0.2) is 11.6 Å². The first-order valence-electron chi connectivity index (χ1n) is 8.02. The highest BCUT2D eigenvalue weighted by Gasteiger charge is 2.12. The molecule has 8 heteroatoms. The molecular formula is C19H15F3N4O. The third kappa shape index (κ3) is 4.60. The Morgan fingerprint density at radius 1 is 0.963 bits per heavy atom. The third-order valence-corrected chi connectivity index (χ3v) is 3.67. The molecule has 0 unspecified atom stereocenters. The van der Waals surface area contributed by atoms with Crippen LogP contribution in [0.5, 0.6) is 0 Å². The molecule has 2 aromatic carbocycles. The standard InChI is InChI=1S/C19H15F3N4O/c1-11-24-17(19(27)26-13-6-7-15(21)16(22)8-13)9-18(25-11)23-10-12-4-2-3-5-14(12)20/h2-9H,10H2,1H3,(H,26,27)(H,23,24,25). The van der Waals surface area contributed by atoms with E-state index in [4.69, 9.17) is 0 Å². The molecule has 0 fully saturated rings. The number of halogens is 3. The van der Waals surface area contributed by atoms with Crippen LogP contribution in [0.25, 0.3) is 0 Å². The molecule has 5 nitrogen and oxygen atoms in total. The van der Waals surface area contributed by atoms with Crippen molar-refractivity contribution in [2.75, 3.05) is 10.6 Å². The molecule has 3 aromatic rings. The molecule has 0 aliphatic carbocycles. The maximum Gasteiger partial charge on any atom is 0.274 e. The zero-order valence-corrected chi connectivity index (χ0v) is 14.3. The summed E-state index contributed by atoms with van der Waals surface area (Å²) in [5, 5.41) is 5.38. The van der Waals surface area contributed by atoms with Gasteiger partial charge in [-0.1, -0.05) is 18.2 Å². The van der Waals surface area contributed by atoms with E-state index in [1.54, 1.807) is 25.1 Å². The minimum atomic E-state index is -1.07. The number of hydrogen-bond donors (Lipinski definition) is 2. The van der Waals surface area contributed by atoms with Crippen LogP contribution in [0, 0.1) is 24.4 Å². The Labute approximate surface area is 153 Å². The number of hydrogen-bond acceptors (Lipinski definition) is 4. The quantitative estimate of drug-likeness (QED) is 0.709. The number of nitrogens with zero attached hydrogens (tertiary/aromatic N) is 2. The molecule has 0 saturated heterocycles. The molecule has 2 N–H and O–H groups in total. The Morgan fingerprint density at radius 3 is 2.48 bits per heavy atom. The van der Waals surface area contributed by atoms with Crippen molar-refractivity contribution in [1.82, 2.24) is 9.97 Å². The van der Waals surface area contributed by atoms with Gasteiger partial charge in [0.2, 0.25) is 0 Å². The van der Waals surface area contributed by atoms with E-state index in [1.807, 2.05) is 0 Å². The summed E-state index contributed by atoms with van der Waals surface area (Å²) in [5.41, 5.74) is 0.570. The Hall–Kier alpha value is -3.42. The fourth-order valence-electron chi connectivity index (χ4n) is 2.37. The normalized spacial score (nSPS) is 10.5. The second-order valence-corrected chi connectivity index (χ2v) is 5.71. The van der Waals surface area contributed by atoms with Crippen LogP contribution in [-0.2, 0) is 6.54 Å². The molecule has 0 bridgehead atoms. The molecule has 0 aliphatic rings. The van der Waals surface area contributed by atoms with Crippen molar-refractivity contribution >= 4 is 17.4 Å². The van der Waals surface area contributed by atoms with E-state index in [0.29, 0.717) is 17.2 Å². The molecule has 0 spiro atoms. The van der Waals surface area contributed by atoms with Crippen LogP contribution in [0.3, 0.4) is 0 Å². The van der Waals surface area contributed by atoms with Gasteiger partial charge in [-0.15, -0.1) is 0 Å². The van der Waals surface area contributed by atoms with Crippen LogP contribution < -0.4 is 10.6 Å². The third-order valence-electron chi connectivity index (χ3n) is 3.67. The fourth-order valence-corrected chi connectivity index (χ4v) is 2.37. The molecule has 3 rings (SSSR count). The van der Waals surface area contributed by atoms with Gasteiger partial charge in [-0.25, -0.2) is 23.1 Å². The lowest BCUT2D eigenvalue weighted by molar-refractivity contribution is 0.102. The second kappa shape index (κ2) is 7.86. The van der Waals surface area contributed by atoms with Gasteiger partial charge in [-0.2, -0.15) is 0 Å². The fraction of sp³-hybridized carbons (Fsp3) is 0.105. The van der Waals surface area contributed by atoms with Gasteiger partial charge >= 0.3 is 0 Å². The summed E-state index contributed by atoms with van der Waals surface area (Å²) < 4.78 is 39.9. The maximum absolute atomic E-state index is 13.7. The van der Waals surface area contributed by atoms with E-state index < -0.39 is 17.5 Å². The highest BCUT2D eigenvalue weighted by molar-refractivity contribution is 6.03. The van der Waals surface area contributed by atoms with E-state index in [-0.39, 0.29) is 23.7 Å². The summed E-state index contributed by atoms with van der Waals surface area (Å²) in [6.07, 6.45) is 0. The van der Waals surface area contributed by atoms with E-state index in [0.717, 1.165) is 12.1 Å². The van der Waals surface area contributed by atoms with Crippen molar-refractivity contribution in [2.45, 2.75) is 13.5 Å². The predicted octanol–water partition coefficient (Wildman–Crippen LogP) is 4.07. The molecule has 0 atom stereocenters. The van der Waals surface area contributed by atoms with Crippen molar-refractivity contribution in [2.24, 2.45) is 0 Å². The lowest BCUT2D eigenvalue weighted by Crippen LogP contribution is -2.16. The van der Waals surface area contributed by atoms with Gasteiger partial charge in [-0.05, 0) is 25.1 Å². The van der Waals surface area contributed by atoms with Crippen LogP contribution in [0.4, 0.5) is 24.7 Å². The number of amides is 1. The first-order valence-corrected chi connectivity index (χ1v) is 8.02. The number of anilines is 2. The lowest BCUT2D eigenvalue weighted by atomic mass is 10.2. The summed E-state index contributed by atoms with van der Waals surface area (Å²) in [6, 6.07) is 10.7. The molecule has 1 heterocycles. The average molecular weight is 372 g/mol. The van der Waals surface area contributed by atoms with Gasteiger partial charge in [0.1, 0.15) is 23.2 Å². The van der Waals surface area contributed by atoms with Crippen LogP contribution >= 0.6 is 0 Å². The highest BCUT2D eigenvalue weighted by atomic mass is 19.2. The molecule has 0 radical (unpaired) electrons. The first kappa shape index (κ1) is 18.4. The van der Waals surface area contributed by atoms with Crippen molar-refractivity contribution in [3.63, 3.8) is 0 Å². The molecule has 1 amide bonds. The number of carbonyl (C=O) groups is 1. The summed E-state index contributed by atoms with van der Waals surface area (Å²) in [7, 11) is 0. The van der Waals surface area contributed by atoms with E-state index >= 15 is 0 Å². The molecule has 138 valence electrons. The smallest absolute Gasteiger partial charge is 0.274 e. The van der Waals surface area contributed by atoms with Crippen LogP contribution in [0.2, 0.25) is 0 Å². The SMILES string of the molecule is Cc1nc(NCc2ccccc2F)cc(C(=O)Nc2ccc(F)c(F)c2)n1. The van der Waals surface area contributed by atoms with Crippen LogP contribution in [0.15, 0.2) is 48.5 Å². The van der Waals surface area contributed by atoms with Gasteiger partial charge in [0.25, 0.3) is 5.91 Å². The van der Waals surface area contributed by atoms with Gasteiger partial charge < -0.3 is 10.6 Å². The molecular weight excluding hydrogens is 357 g/mol. The van der Waals surface area contributed by atoms with Crippen LogP contribution in [-0.4, -0.2) is 15.9 Å². The highest BCUT2D eigenvalue weighted by Crippen LogP contribution is 2.16. The Morgan fingerprint density at radius 2 is 1.74 bits per heavy atom. The first-order chi connectivity index (χ1) is 12.9. The largest absolute Gasteiger partial charge is 0.366 e. The molecule has 27 heavy (non-hydrogen) atoms. The number of aromatic nitrogens is 2. The van der Waals surface area contributed by atoms with E-state index in [1.165, 1.54) is 18.2 Å². The number of nitrogens with one attached hydrogen (secondary N) is 2. The summed E-state index contributed by atoms with van der Waals surface area (Å²) in [5.74, 6) is -2.39. The zero-order valence-electron chi connectivity index (χ0n) is 14.3. The minimum Gasteiger partial charge on any atom is -0.366 e. The number of rotatable bonds is 5. The lowest BCUT2D eigenvalue weighted by Gasteiger charge is -2.10. The van der Waals surface area contributed by atoms with Crippen molar-refractivity contribution in [3.8, 4) is 0 Å². The Bertz CT molecular complexity index is 994. The van der Waals surface area contributed by atoms with Gasteiger partial charge in [0.05, 0.1) is 0 Å². The second-order valence-electron chi connectivity index (χ2n) is 5.71. The van der Waals surface area contributed by atoms with Gasteiger partial charge in [0, 0.05) is 29.9 Å². The summed E-state index contributed by atoms with van der Waals surface area (Å²) >= 11 is 0. The maximum atomic E-state index is 13.7. The topological polar surface area (TPSA) is 66.9 Å².